The number of carbonyl (C=O) groups is 3. The van der Waals surface area contributed by atoms with Crippen molar-refractivity contribution < 1.29 is 19.3 Å². The topological polar surface area (TPSA) is 110 Å². The van der Waals surface area contributed by atoms with Crippen LogP contribution in [0.25, 0.3) is 0 Å². The summed E-state index contributed by atoms with van der Waals surface area (Å²) in [6.45, 7) is 0. The van der Waals surface area contributed by atoms with E-state index in [1.54, 1.807) is 48.5 Å². The van der Waals surface area contributed by atoms with Crippen LogP contribution < -0.4 is 5.32 Å². The largest absolute Gasteiger partial charge is 0.322 e. The van der Waals surface area contributed by atoms with Crippen LogP contribution >= 0.6 is 11.8 Å². The third kappa shape index (κ3) is 4.17. The van der Waals surface area contributed by atoms with Crippen LogP contribution in [-0.4, -0.2) is 33.4 Å². The van der Waals surface area contributed by atoms with Crippen molar-refractivity contribution in [2.75, 3.05) is 11.2 Å². The van der Waals surface area contributed by atoms with Gasteiger partial charge in [-0.25, -0.2) is 0 Å². The van der Waals surface area contributed by atoms with Crippen LogP contribution in [-0.2, 0) is 0 Å². The van der Waals surface area contributed by atoms with Gasteiger partial charge in [0.2, 0.25) is 0 Å². The molecule has 1 aliphatic rings. The lowest BCUT2D eigenvalue weighted by Crippen LogP contribution is -2.29. The molecule has 0 bridgehead atoms. The second-order valence-corrected chi connectivity index (χ2v) is 7.66. The van der Waals surface area contributed by atoms with Gasteiger partial charge in [0.05, 0.1) is 21.9 Å². The molecule has 31 heavy (non-hydrogen) atoms. The molecule has 3 amide bonds. The summed E-state index contributed by atoms with van der Waals surface area (Å²) in [5, 5.41) is 13.4. The van der Waals surface area contributed by atoms with Gasteiger partial charge in [-0.3, -0.25) is 29.4 Å². The molecule has 0 aliphatic carbocycles. The number of fused-ring (bicyclic) bond motifs is 1. The molecule has 0 fully saturated rings. The molecule has 1 aliphatic heterocycles. The average Bonchev–Trinajstić information content (AvgIpc) is 3.03. The Bertz CT molecular complexity index is 1160. The molecule has 3 aromatic carbocycles. The molecule has 0 spiro atoms. The van der Waals surface area contributed by atoms with Crippen molar-refractivity contribution in [3.05, 3.63) is 99.6 Å². The number of benzene rings is 3. The van der Waals surface area contributed by atoms with E-state index < -0.39 is 4.92 Å². The number of rotatable bonds is 6. The standard InChI is InChI=1S/C22H15N3O5S/c26-20(14-5-9-16(10-6-14)25(29)30)23-15-7-11-17(12-8-15)31-13-24-21(27)18-3-1-2-4-19(18)22(24)28/h1-12H,13H2,(H,23,26). The van der Waals surface area contributed by atoms with E-state index >= 15 is 0 Å². The zero-order chi connectivity index (χ0) is 22.0. The first-order valence-electron chi connectivity index (χ1n) is 9.18. The Balaban J connectivity index is 1.35. The van der Waals surface area contributed by atoms with Gasteiger partial charge >= 0.3 is 0 Å². The molecule has 3 aromatic rings. The van der Waals surface area contributed by atoms with Gasteiger partial charge in [0, 0.05) is 28.3 Å². The molecule has 0 unspecified atom stereocenters. The van der Waals surface area contributed by atoms with Crippen molar-refractivity contribution in [2.45, 2.75) is 4.90 Å². The van der Waals surface area contributed by atoms with Crippen LogP contribution in [0, 0.1) is 10.1 Å². The lowest BCUT2D eigenvalue weighted by Gasteiger charge is -2.13. The van der Waals surface area contributed by atoms with Crippen molar-refractivity contribution in [1.29, 1.82) is 0 Å². The number of nitro benzene ring substituents is 1. The Morgan fingerprint density at radius 1 is 0.903 bits per heavy atom. The lowest BCUT2D eigenvalue weighted by molar-refractivity contribution is -0.384. The number of carbonyl (C=O) groups excluding carboxylic acids is 3. The number of nitrogens with zero attached hydrogens (tertiary/aromatic N) is 2. The number of amides is 3. The van der Waals surface area contributed by atoms with Crippen LogP contribution in [0.1, 0.15) is 31.1 Å². The van der Waals surface area contributed by atoms with Crippen molar-refractivity contribution in [2.24, 2.45) is 0 Å². The number of non-ortho nitro benzene ring substituents is 1. The van der Waals surface area contributed by atoms with Crippen molar-refractivity contribution in [1.82, 2.24) is 4.90 Å². The normalized spacial score (nSPS) is 12.6. The van der Waals surface area contributed by atoms with Gasteiger partial charge in [-0.2, -0.15) is 0 Å². The maximum absolute atomic E-state index is 12.4. The minimum Gasteiger partial charge on any atom is -0.322 e. The average molecular weight is 433 g/mol. The molecule has 0 radical (unpaired) electrons. The fraction of sp³-hybridized carbons (Fsp3) is 0.0455. The van der Waals surface area contributed by atoms with Crippen LogP contribution in [0.5, 0.6) is 0 Å². The highest BCUT2D eigenvalue weighted by Gasteiger charge is 2.34. The summed E-state index contributed by atoms with van der Waals surface area (Å²) in [5.74, 6) is -0.817. The molecular formula is C22H15N3O5S. The monoisotopic (exact) mass is 433 g/mol. The first kappa shape index (κ1) is 20.3. The molecule has 0 atom stereocenters. The predicted molar refractivity (Wildman–Crippen MR) is 115 cm³/mol. The van der Waals surface area contributed by atoms with Gasteiger partial charge < -0.3 is 5.32 Å². The maximum atomic E-state index is 12.4. The summed E-state index contributed by atoms with van der Waals surface area (Å²) in [5.41, 5.74) is 1.59. The Morgan fingerprint density at radius 3 is 2.03 bits per heavy atom. The second kappa shape index (κ2) is 8.41. The number of imide groups is 1. The highest BCUT2D eigenvalue weighted by molar-refractivity contribution is 7.99. The van der Waals surface area contributed by atoms with Crippen molar-refractivity contribution >= 4 is 40.9 Å². The second-order valence-electron chi connectivity index (χ2n) is 6.64. The fourth-order valence-electron chi connectivity index (χ4n) is 3.07. The predicted octanol–water partition coefficient (Wildman–Crippen LogP) is 4.19. The van der Waals surface area contributed by atoms with E-state index in [9.17, 15) is 24.5 Å². The minimum absolute atomic E-state index is 0.0870. The Morgan fingerprint density at radius 2 is 1.48 bits per heavy atom. The number of nitro groups is 1. The molecule has 0 saturated carbocycles. The minimum atomic E-state index is -0.528. The molecule has 0 aromatic heterocycles. The SMILES string of the molecule is O=C(Nc1ccc(SCN2C(=O)c3ccccc3C2=O)cc1)c1ccc([N+](=O)[O-])cc1. The Hall–Kier alpha value is -3.98. The van der Waals surface area contributed by atoms with Gasteiger partial charge in [-0.05, 0) is 48.5 Å². The van der Waals surface area contributed by atoms with Crippen LogP contribution in [0.3, 0.4) is 0 Å². The van der Waals surface area contributed by atoms with Crippen LogP contribution in [0.15, 0.2) is 77.7 Å². The summed E-state index contributed by atoms with van der Waals surface area (Å²) < 4.78 is 0. The van der Waals surface area contributed by atoms with Crippen LogP contribution in [0.4, 0.5) is 11.4 Å². The highest BCUT2D eigenvalue weighted by Crippen LogP contribution is 2.27. The third-order valence-electron chi connectivity index (χ3n) is 4.69. The molecule has 0 saturated heterocycles. The van der Waals surface area contributed by atoms with Gasteiger partial charge in [-0.15, -0.1) is 11.8 Å². The first-order chi connectivity index (χ1) is 14.9. The smallest absolute Gasteiger partial charge is 0.269 e. The van der Waals surface area contributed by atoms with Crippen LogP contribution in [0.2, 0.25) is 0 Å². The van der Waals surface area contributed by atoms with Gasteiger partial charge in [-0.1, -0.05) is 12.1 Å². The number of thioether (sulfide) groups is 1. The molecule has 1 N–H and O–H groups in total. The van der Waals surface area contributed by atoms with E-state index in [0.29, 0.717) is 22.4 Å². The molecule has 8 nitrogen and oxygen atoms in total. The van der Waals surface area contributed by atoms with Gasteiger partial charge in [0.25, 0.3) is 23.4 Å². The summed E-state index contributed by atoms with van der Waals surface area (Å²) in [7, 11) is 0. The lowest BCUT2D eigenvalue weighted by atomic mass is 10.1. The highest BCUT2D eigenvalue weighted by atomic mass is 32.2. The summed E-state index contributed by atoms with van der Waals surface area (Å²) in [6, 6.07) is 19.0. The number of anilines is 1. The van der Waals surface area contributed by atoms with E-state index in [0.717, 1.165) is 4.90 Å². The van der Waals surface area contributed by atoms with Crippen molar-refractivity contribution in [3.63, 3.8) is 0 Å². The molecule has 9 heteroatoms. The van der Waals surface area contributed by atoms with Gasteiger partial charge in [0.1, 0.15) is 0 Å². The fourth-order valence-corrected chi connectivity index (χ4v) is 3.91. The molecular weight excluding hydrogens is 418 g/mol. The number of hydrogen-bond acceptors (Lipinski definition) is 6. The summed E-state index contributed by atoms with van der Waals surface area (Å²) in [4.78, 5) is 49.3. The maximum Gasteiger partial charge on any atom is 0.269 e. The van der Waals surface area contributed by atoms with E-state index in [1.165, 1.54) is 40.9 Å². The molecule has 154 valence electrons. The van der Waals surface area contributed by atoms with Crippen molar-refractivity contribution in [3.8, 4) is 0 Å². The van der Waals surface area contributed by atoms with Gasteiger partial charge in [0.15, 0.2) is 0 Å². The number of nitrogens with one attached hydrogen (secondary N) is 1. The molecule has 1 heterocycles. The number of hydrogen-bond donors (Lipinski definition) is 1. The first-order valence-corrected chi connectivity index (χ1v) is 10.2. The quantitative estimate of drug-likeness (QED) is 0.270. The summed E-state index contributed by atoms with van der Waals surface area (Å²) >= 11 is 1.33. The molecule has 4 rings (SSSR count). The third-order valence-corrected chi connectivity index (χ3v) is 5.68. The van der Waals surface area contributed by atoms with E-state index in [2.05, 4.69) is 5.32 Å². The van der Waals surface area contributed by atoms with E-state index in [-0.39, 0.29) is 29.3 Å². The Labute approximate surface area is 181 Å². The Kier molecular flexibility index (Phi) is 5.50. The van der Waals surface area contributed by atoms with E-state index in [1.807, 2.05) is 0 Å². The zero-order valence-corrected chi connectivity index (χ0v) is 16.8. The summed E-state index contributed by atoms with van der Waals surface area (Å²) in [6.07, 6.45) is 0. The zero-order valence-electron chi connectivity index (χ0n) is 16.0. The van der Waals surface area contributed by atoms with E-state index in [4.69, 9.17) is 0 Å².